The molecule has 3 aromatic carbocycles. The summed E-state index contributed by atoms with van der Waals surface area (Å²) in [6.45, 7) is 4.69. The maximum Gasteiger partial charge on any atom is 0.254 e. The molecule has 0 unspecified atom stereocenters. The van der Waals surface area contributed by atoms with Gasteiger partial charge in [0.25, 0.3) is 5.91 Å². The van der Waals surface area contributed by atoms with Gasteiger partial charge in [-0.2, -0.15) is 0 Å². The fourth-order valence-corrected chi connectivity index (χ4v) is 5.15. The van der Waals surface area contributed by atoms with Crippen LogP contribution in [0.25, 0.3) is 11.3 Å². The van der Waals surface area contributed by atoms with Crippen molar-refractivity contribution in [2.45, 2.75) is 13.5 Å². The Balaban J connectivity index is 1.12. The number of carbonyl (C=O) groups excluding carboxylic acids is 2. The lowest BCUT2D eigenvalue weighted by Crippen LogP contribution is -2.52. The van der Waals surface area contributed by atoms with E-state index >= 15 is 0 Å². The van der Waals surface area contributed by atoms with Crippen molar-refractivity contribution in [3.05, 3.63) is 102 Å². The van der Waals surface area contributed by atoms with E-state index in [0.29, 0.717) is 43.2 Å². The number of benzene rings is 3. The molecular formula is C32H31N5O4. The van der Waals surface area contributed by atoms with Gasteiger partial charge in [-0.1, -0.05) is 54.6 Å². The van der Waals surface area contributed by atoms with Crippen LogP contribution in [0.3, 0.4) is 0 Å². The number of carbonyl (C=O) groups is 2. The number of rotatable bonds is 7. The SMILES string of the molecule is Cc1ccccc1C(=O)N(CC(=O)N1CCN(c2ccc(-c3ccccc3)nn2)CC1)Cc1ccc2c(c1)OCO2. The molecule has 9 heteroatoms. The van der Waals surface area contributed by atoms with Crippen molar-refractivity contribution >= 4 is 17.6 Å². The van der Waals surface area contributed by atoms with E-state index in [1.807, 2.05) is 90.7 Å². The van der Waals surface area contributed by atoms with Gasteiger partial charge in [-0.15, -0.1) is 10.2 Å². The van der Waals surface area contributed by atoms with Crippen molar-refractivity contribution < 1.29 is 19.1 Å². The lowest BCUT2D eigenvalue weighted by Gasteiger charge is -2.36. The van der Waals surface area contributed by atoms with Crippen LogP contribution in [-0.2, 0) is 11.3 Å². The van der Waals surface area contributed by atoms with Gasteiger partial charge in [0, 0.05) is 43.9 Å². The average Bonchev–Trinajstić information content (AvgIpc) is 3.49. The number of hydrogen-bond donors (Lipinski definition) is 0. The van der Waals surface area contributed by atoms with Gasteiger partial charge in [-0.3, -0.25) is 9.59 Å². The molecule has 2 amide bonds. The highest BCUT2D eigenvalue weighted by Gasteiger charge is 2.27. The minimum Gasteiger partial charge on any atom is -0.454 e. The molecule has 0 saturated carbocycles. The normalized spacial score (nSPS) is 14.2. The minimum absolute atomic E-state index is 0.0206. The Kier molecular flexibility index (Phi) is 7.49. The summed E-state index contributed by atoms with van der Waals surface area (Å²) in [5.74, 6) is 1.85. The molecule has 1 fully saturated rings. The third-order valence-electron chi connectivity index (χ3n) is 7.48. The Morgan fingerprint density at radius 1 is 0.829 bits per heavy atom. The van der Waals surface area contributed by atoms with E-state index in [0.717, 1.165) is 28.2 Å². The summed E-state index contributed by atoms with van der Waals surface area (Å²) >= 11 is 0. The molecule has 1 saturated heterocycles. The number of nitrogens with zero attached hydrogens (tertiary/aromatic N) is 5. The van der Waals surface area contributed by atoms with Crippen LogP contribution in [0.15, 0.2) is 84.9 Å². The van der Waals surface area contributed by atoms with E-state index < -0.39 is 0 Å². The van der Waals surface area contributed by atoms with Gasteiger partial charge in [0.05, 0.1) is 5.69 Å². The van der Waals surface area contributed by atoms with E-state index in [1.54, 1.807) is 11.0 Å². The summed E-state index contributed by atoms with van der Waals surface area (Å²) in [6, 6.07) is 27.0. The lowest BCUT2D eigenvalue weighted by atomic mass is 10.1. The molecule has 0 atom stereocenters. The maximum absolute atomic E-state index is 13.7. The number of piperazine rings is 1. The van der Waals surface area contributed by atoms with Crippen LogP contribution in [0.1, 0.15) is 21.5 Å². The first kappa shape index (κ1) is 26.3. The van der Waals surface area contributed by atoms with Gasteiger partial charge in [0.2, 0.25) is 12.7 Å². The molecule has 1 aromatic heterocycles. The molecule has 0 aliphatic carbocycles. The van der Waals surface area contributed by atoms with Gasteiger partial charge < -0.3 is 24.2 Å². The van der Waals surface area contributed by atoms with Crippen molar-refractivity contribution in [1.82, 2.24) is 20.0 Å². The predicted molar refractivity (Wildman–Crippen MR) is 155 cm³/mol. The number of aryl methyl sites for hydroxylation is 1. The Hall–Kier alpha value is -4.92. The molecule has 0 N–H and O–H groups in total. The molecule has 0 radical (unpaired) electrons. The fourth-order valence-electron chi connectivity index (χ4n) is 5.15. The number of aromatic nitrogens is 2. The van der Waals surface area contributed by atoms with Gasteiger partial charge in [-0.25, -0.2) is 0 Å². The van der Waals surface area contributed by atoms with E-state index in [4.69, 9.17) is 9.47 Å². The number of hydrogen-bond acceptors (Lipinski definition) is 7. The second-order valence-electron chi connectivity index (χ2n) is 10.2. The zero-order chi connectivity index (χ0) is 28.2. The highest BCUT2D eigenvalue weighted by Crippen LogP contribution is 2.33. The highest BCUT2D eigenvalue weighted by molar-refractivity contribution is 5.97. The minimum atomic E-state index is -0.179. The van der Waals surface area contributed by atoms with Gasteiger partial charge in [-0.05, 0) is 48.4 Å². The number of amides is 2. The summed E-state index contributed by atoms with van der Waals surface area (Å²) in [4.78, 5) is 32.7. The Morgan fingerprint density at radius 2 is 1.59 bits per heavy atom. The monoisotopic (exact) mass is 549 g/mol. The number of anilines is 1. The zero-order valence-electron chi connectivity index (χ0n) is 22.9. The second-order valence-corrected chi connectivity index (χ2v) is 10.2. The lowest BCUT2D eigenvalue weighted by molar-refractivity contribution is -0.132. The first-order chi connectivity index (χ1) is 20.0. The van der Waals surface area contributed by atoms with Gasteiger partial charge in [0.15, 0.2) is 17.3 Å². The van der Waals surface area contributed by atoms with Crippen LogP contribution < -0.4 is 14.4 Å². The quantitative estimate of drug-likeness (QED) is 0.342. The molecule has 2 aliphatic heterocycles. The van der Waals surface area contributed by atoms with Crippen molar-refractivity contribution in [2.75, 3.05) is 44.4 Å². The summed E-state index contributed by atoms with van der Waals surface area (Å²) in [5.41, 5.74) is 4.17. The zero-order valence-corrected chi connectivity index (χ0v) is 22.9. The third-order valence-corrected chi connectivity index (χ3v) is 7.48. The molecule has 3 heterocycles. The van der Waals surface area contributed by atoms with Gasteiger partial charge >= 0.3 is 0 Å². The van der Waals surface area contributed by atoms with Crippen LogP contribution in [0, 0.1) is 6.92 Å². The van der Waals surface area contributed by atoms with Crippen LogP contribution in [-0.4, -0.2) is 71.3 Å². The van der Waals surface area contributed by atoms with Crippen LogP contribution in [0.4, 0.5) is 5.82 Å². The van der Waals surface area contributed by atoms with Crippen LogP contribution in [0.5, 0.6) is 11.5 Å². The van der Waals surface area contributed by atoms with Crippen molar-refractivity contribution in [3.63, 3.8) is 0 Å². The summed E-state index contributed by atoms with van der Waals surface area (Å²) < 4.78 is 10.9. The predicted octanol–water partition coefficient (Wildman–Crippen LogP) is 4.17. The topological polar surface area (TPSA) is 88.1 Å². The molecule has 9 nitrogen and oxygen atoms in total. The number of ether oxygens (including phenoxy) is 2. The average molecular weight is 550 g/mol. The largest absolute Gasteiger partial charge is 0.454 e. The molecule has 6 rings (SSSR count). The Morgan fingerprint density at radius 3 is 2.34 bits per heavy atom. The molecule has 0 bridgehead atoms. The summed E-state index contributed by atoms with van der Waals surface area (Å²) in [6.07, 6.45) is 0. The van der Waals surface area contributed by atoms with E-state index in [1.165, 1.54) is 0 Å². The Bertz CT molecular complexity index is 1540. The number of fused-ring (bicyclic) bond motifs is 1. The first-order valence-electron chi connectivity index (χ1n) is 13.7. The Labute approximate surface area is 238 Å². The van der Waals surface area contributed by atoms with Gasteiger partial charge in [0.1, 0.15) is 6.54 Å². The maximum atomic E-state index is 13.7. The molecular weight excluding hydrogens is 518 g/mol. The molecule has 41 heavy (non-hydrogen) atoms. The molecule has 2 aliphatic rings. The molecule has 0 spiro atoms. The van der Waals surface area contributed by atoms with E-state index in [9.17, 15) is 9.59 Å². The van der Waals surface area contributed by atoms with E-state index in [-0.39, 0.29) is 31.7 Å². The van der Waals surface area contributed by atoms with Crippen molar-refractivity contribution in [3.8, 4) is 22.8 Å². The smallest absolute Gasteiger partial charge is 0.254 e. The standard InChI is InChI=1S/C32H31N5O4/c1-23-7-5-6-10-26(23)32(39)37(20-24-11-13-28-29(19-24)41-22-40-28)21-31(38)36-17-15-35(16-18-36)30-14-12-27(33-34-30)25-8-3-2-4-9-25/h2-14,19H,15-18,20-22H2,1H3. The second kappa shape index (κ2) is 11.7. The van der Waals surface area contributed by atoms with Crippen LogP contribution >= 0.6 is 0 Å². The van der Waals surface area contributed by atoms with E-state index in [2.05, 4.69) is 15.1 Å². The molecule has 208 valence electrons. The summed E-state index contributed by atoms with van der Waals surface area (Å²) in [5, 5.41) is 8.84. The third kappa shape index (κ3) is 5.84. The van der Waals surface area contributed by atoms with Crippen molar-refractivity contribution in [2.24, 2.45) is 0 Å². The fraction of sp³-hybridized carbons (Fsp3) is 0.250. The highest BCUT2D eigenvalue weighted by atomic mass is 16.7. The van der Waals surface area contributed by atoms with Crippen molar-refractivity contribution in [1.29, 1.82) is 0 Å². The molecule has 4 aromatic rings. The summed E-state index contributed by atoms with van der Waals surface area (Å²) in [7, 11) is 0. The van der Waals surface area contributed by atoms with Crippen LogP contribution in [0.2, 0.25) is 0 Å². The first-order valence-corrected chi connectivity index (χ1v) is 13.7.